The van der Waals surface area contributed by atoms with Gasteiger partial charge in [0.1, 0.15) is 5.82 Å². The molecule has 0 spiro atoms. The molecule has 0 bridgehead atoms. The molecule has 194 valence electrons. The van der Waals surface area contributed by atoms with E-state index in [0.29, 0.717) is 27.8 Å². The number of ketones is 1. The van der Waals surface area contributed by atoms with E-state index in [2.05, 4.69) is 25.5 Å². The lowest BCUT2D eigenvalue weighted by molar-refractivity contribution is -0.137. The molecule has 1 aliphatic rings. The van der Waals surface area contributed by atoms with E-state index in [0.717, 1.165) is 43.9 Å². The van der Waals surface area contributed by atoms with Crippen molar-refractivity contribution in [2.75, 3.05) is 28.6 Å². The van der Waals surface area contributed by atoms with Crippen LogP contribution >= 0.6 is 11.6 Å². The van der Waals surface area contributed by atoms with E-state index in [-0.39, 0.29) is 11.5 Å². The number of halogens is 4. The lowest BCUT2D eigenvalue weighted by Gasteiger charge is -2.16. The number of fused-ring (bicyclic) bond motifs is 1. The van der Waals surface area contributed by atoms with Gasteiger partial charge in [0.25, 0.3) is 0 Å². The Morgan fingerprint density at radius 1 is 0.842 bits per heavy atom. The van der Waals surface area contributed by atoms with Gasteiger partial charge < -0.3 is 15.5 Å². The summed E-state index contributed by atoms with van der Waals surface area (Å²) >= 11 is 5.61. The fourth-order valence-corrected chi connectivity index (χ4v) is 4.45. The van der Waals surface area contributed by atoms with E-state index >= 15 is 0 Å². The number of anilines is 3. The van der Waals surface area contributed by atoms with Crippen molar-refractivity contribution >= 4 is 51.6 Å². The van der Waals surface area contributed by atoms with Gasteiger partial charge in [0.2, 0.25) is 0 Å². The van der Waals surface area contributed by atoms with Crippen molar-refractivity contribution < 1.29 is 22.8 Å². The molecule has 11 heteroatoms. The van der Waals surface area contributed by atoms with Crippen molar-refractivity contribution in [2.45, 2.75) is 19.0 Å². The van der Waals surface area contributed by atoms with Crippen LogP contribution in [-0.2, 0) is 6.18 Å². The second-order valence-electron chi connectivity index (χ2n) is 8.80. The van der Waals surface area contributed by atoms with Gasteiger partial charge in [0.15, 0.2) is 5.78 Å². The third-order valence-corrected chi connectivity index (χ3v) is 6.49. The van der Waals surface area contributed by atoms with Crippen molar-refractivity contribution in [3.8, 4) is 0 Å². The SMILES string of the molecule is O=C(Nc1ccc(C(=O)c2ccc3ncc(N4CCCC4)nc3c2)cc1)Nc1ccc(Cl)c(C(F)(F)F)c1. The Hall–Kier alpha value is -4.18. The van der Waals surface area contributed by atoms with E-state index in [9.17, 15) is 22.8 Å². The van der Waals surface area contributed by atoms with Gasteiger partial charge in [-0.2, -0.15) is 13.2 Å². The lowest BCUT2D eigenvalue weighted by Crippen LogP contribution is -2.20. The Morgan fingerprint density at radius 3 is 2.21 bits per heavy atom. The van der Waals surface area contributed by atoms with Gasteiger partial charge in [-0.05, 0) is 73.5 Å². The lowest BCUT2D eigenvalue weighted by atomic mass is 10.0. The molecule has 2 N–H and O–H groups in total. The molecule has 38 heavy (non-hydrogen) atoms. The summed E-state index contributed by atoms with van der Waals surface area (Å²) in [6, 6.07) is 13.7. The molecule has 5 rings (SSSR count). The summed E-state index contributed by atoms with van der Waals surface area (Å²) in [6.07, 6.45) is -0.670. The molecule has 0 saturated carbocycles. The first-order chi connectivity index (χ1) is 18.2. The third-order valence-electron chi connectivity index (χ3n) is 6.16. The first kappa shape index (κ1) is 25.5. The standard InChI is InChI=1S/C27H21ClF3N5O2/c28-21-9-8-19(14-20(21)27(29,30)31)34-26(38)33-18-6-3-16(4-7-18)25(37)17-5-10-22-23(13-17)35-24(15-32-22)36-11-1-2-12-36/h3-10,13-15H,1-2,11-12H2,(H2,33,34,38). The summed E-state index contributed by atoms with van der Waals surface area (Å²) in [4.78, 5) is 36.7. The number of hydrogen-bond donors (Lipinski definition) is 2. The first-order valence-electron chi connectivity index (χ1n) is 11.8. The zero-order chi connectivity index (χ0) is 26.9. The molecule has 1 aromatic heterocycles. The highest BCUT2D eigenvalue weighted by Gasteiger charge is 2.33. The van der Waals surface area contributed by atoms with Gasteiger partial charge >= 0.3 is 12.2 Å². The van der Waals surface area contributed by atoms with Crippen molar-refractivity contribution in [3.05, 3.63) is 88.6 Å². The zero-order valence-corrected chi connectivity index (χ0v) is 20.6. The van der Waals surface area contributed by atoms with Crippen molar-refractivity contribution in [1.82, 2.24) is 9.97 Å². The Kier molecular flexibility index (Phi) is 6.90. The number of hydrogen-bond acceptors (Lipinski definition) is 5. The Balaban J connectivity index is 1.27. The van der Waals surface area contributed by atoms with Crippen LogP contribution in [0.1, 0.15) is 34.3 Å². The maximum Gasteiger partial charge on any atom is 0.417 e. The van der Waals surface area contributed by atoms with Gasteiger partial charge in [0.05, 0.1) is 27.8 Å². The molecular weight excluding hydrogens is 519 g/mol. The monoisotopic (exact) mass is 539 g/mol. The van der Waals surface area contributed by atoms with Crippen LogP contribution in [0.2, 0.25) is 5.02 Å². The minimum absolute atomic E-state index is 0.0710. The summed E-state index contributed by atoms with van der Waals surface area (Å²) in [7, 11) is 0. The second-order valence-corrected chi connectivity index (χ2v) is 9.21. The number of nitrogens with one attached hydrogen (secondary N) is 2. The van der Waals surface area contributed by atoms with Crippen LogP contribution in [0.3, 0.4) is 0 Å². The van der Waals surface area contributed by atoms with E-state index in [1.165, 1.54) is 18.2 Å². The first-order valence-corrected chi connectivity index (χ1v) is 12.2. The Bertz CT molecular complexity index is 1520. The highest BCUT2D eigenvalue weighted by Crippen LogP contribution is 2.36. The topological polar surface area (TPSA) is 87.2 Å². The maximum absolute atomic E-state index is 13.1. The number of amides is 2. The summed E-state index contributed by atoms with van der Waals surface area (Å²) in [5.74, 6) is 0.568. The largest absolute Gasteiger partial charge is 0.417 e. The van der Waals surface area contributed by atoms with Gasteiger partial charge in [-0.3, -0.25) is 9.78 Å². The van der Waals surface area contributed by atoms with E-state index in [4.69, 9.17) is 11.6 Å². The number of urea groups is 1. The molecule has 7 nitrogen and oxygen atoms in total. The van der Waals surface area contributed by atoms with E-state index < -0.39 is 22.8 Å². The number of benzene rings is 3. The predicted octanol–water partition coefficient (Wildman–Crippen LogP) is 6.78. The molecule has 4 aromatic rings. The van der Waals surface area contributed by atoms with Crippen LogP contribution in [0.25, 0.3) is 11.0 Å². The molecule has 2 amide bonds. The van der Waals surface area contributed by atoms with Gasteiger partial charge in [-0.25, -0.2) is 9.78 Å². The summed E-state index contributed by atoms with van der Waals surface area (Å²) in [5.41, 5.74) is 1.40. The van der Waals surface area contributed by atoms with Gasteiger partial charge in [0, 0.05) is 35.6 Å². The molecule has 2 heterocycles. The minimum Gasteiger partial charge on any atom is -0.355 e. The molecule has 1 saturated heterocycles. The van der Waals surface area contributed by atoms with Crippen LogP contribution in [0, 0.1) is 0 Å². The molecule has 0 atom stereocenters. The molecule has 1 aliphatic heterocycles. The quantitative estimate of drug-likeness (QED) is 0.273. The summed E-state index contributed by atoms with van der Waals surface area (Å²) in [5, 5.41) is 4.41. The average molecular weight is 540 g/mol. The van der Waals surface area contributed by atoms with Crippen LogP contribution in [0.4, 0.5) is 35.2 Å². The third kappa shape index (κ3) is 5.55. The predicted molar refractivity (Wildman–Crippen MR) is 140 cm³/mol. The number of carbonyl (C=O) groups is 2. The zero-order valence-electron chi connectivity index (χ0n) is 19.8. The molecule has 0 radical (unpaired) electrons. The minimum atomic E-state index is -4.65. The average Bonchev–Trinajstić information content (AvgIpc) is 3.44. The summed E-state index contributed by atoms with van der Waals surface area (Å²) < 4.78 is 39.1. The molecule has 1 fully saturated rings. The fraction of sp³-hybridized carbons (Fsp3) is 0.185. The number of nitrogens with zero attached hydrogens (tertiary/aromatic N) is 3. The van der Waals surface area contributed by atoms with Crippen molar-refractivity contribution in [1.29, 1.82) is 0 Å². The smallest absolute Gasteiger partial charge is 0.355 e. The normalized spacial score (nSPS) is 13.5. The molecule has 3 aromatic carbocycles. The Morgan fingerprint density at radius 2 is 1.50 bits per heavy atom. The highest BCUT2D eigenvalue weighted by atomic mass is 35.5. The Labute approximate surface area is 220 Å². The van der Waals surface area contributed by atoms with E-state index in [1.807, 2.05) is 0 Å². The van der Waals surface area contributed by atoms with Crippen molar-refractivity contribution in [2.24, 2.45) is 0 Å². The van der Waals surface area contributed by atoms with Crippen LogP contribution in [0.5, 0.6) is 0 Å². The number of rotatable bonds is 5. The molecule has 0 aliphatic carbocycles. The fourth-order valence-electron chi connectivity index (χ4n) is 4.23. The molecular formula is C27H21ClF3N5O2. The van der Waals surface area contributed by atoms with Gasteiger partial charge in [-0.15, -0.1) is 0 Å². The molecule has 0 unspecified atom stereocenters. The van der Waals surface area contributed by atoms with Crippen LogP contribution < -0.4 is 15.5 Å². The van der Waals surface area contributed by atoms with Crippen molar-refractivity contribution in [3.63, 3.8) is 0 Å². The van der Waals surface area contributed by atoms with E-state index in [1.54, 1.807) is 36.5 Å². The maximum atomic E-state index is 13.1. The van der Waals surface area contributed by atoms with Crippen LogP contribution in [0.15, 0.2) is 66.9 Å². The second kappa shape index (κ2) is 10.3. The van der Waals surface area contributed by atoms with Gasteiger partial charge in [-0.1, -0.05) is 11.6 Å². The highest BCUT2D eigenvalue weighted by molar-refractivity contribution is 6.31. The number of alkyl halides is 3. The summed E-state index contributed by atoms with van der Waals surface area (Å²) in [6.45, 7) is 1.87. The number of aromatic nitrogens is 2. The number of carbonyl (C=O) groups excluding carboxylic acids is 2. The van der Waals surface area contributed by atoms with Crippen LogP contribution in [-0.4, -0.2) is 34.9 Å².